The Balaban J connectivity index is 1.47. The summed E-state index contributed by atoms with van der Waals surface area (Å²) in [4.78, 5) is 0. The first kappa shape index (κ1) is 14.4. The van der Waals surface area contributed by atoms with Crippen LogP contribution in [-0.2, 0) is 11.2 Å². The monoisotopic (exact) mass is 307 g/mol. The summed E-state index contributed by atoms with van der Waals surface area (Å²) in [7, 11) is 0. The van der Waals surface area contributed by atoms with E-state index in [2.05, 4.69) is 15.5 Å². The number of nitrogens with one attached hydrogen (secondary N) is 1. The molecular weight excluding hydrogens is 289 g/mol. The summed E-state index contributed by atoms with van der Waals surface area (Å²) in [5.74, 6) is -0.215. The number of anilines is 1. The summed E-state index contributed by atoms with van der Waals surface area (Å²) in [6, 6.07) is 6.50. The highest BCUT2D eigenvalue weighted by molar-refractivity contribution is 7.15. The quantitative estimate of drug-likeness (QED) is 0.890. The van der Waals surface area contributed by atoms with Gasteiger partial charge in [0.1, 0.15) is 10.8 Å². The Labute approximate surface area is 127 Å². The smallest absolute Gasteiger partial charge is 0.205 e. The fourth-order valence-corrected chi connectivity index (χ4v) is 3.19. The second-order valence-electron chi connectivity index (χ2n) is 5.15. The minimum absolute atomic E-state index is 0.215. The Morgan fingerprint density at radius 1 is 1.29 bits per heavy atom. The number of aromatic nitrogens is 2. The topological polar surface area (TPSA) is 47.0 Å². The van der Waals surface area contributed by atoms with E-state index in [0.29, 0.717) is 12.5 Å². The van der Waals surface area contributed by atoms with E-state index in [1.54, 1.807) is 23.5 Å². The van der Waals surface area contributed by atoms with Gasteiger partial charge in [-0.15, -0.1) is 10.2 Å². The second-order valence-corrected chi connectivity index (χ2v) is 6.22. The molecule has 1 saturated heterocycles. The standard InChI is InChI=1S/C15H18FN3OS/c16-12-5-3-11(4-6-12)10-14-18-19-15(21-14)17-8-7-13-2-1-9-20-13/h3-6,13H,1-2,7-10H2,(H,17,19). The minimum atomic E-state index is -0.215. The van der Waals surface area contributed by atoms with Crippen LogP contribution >= 0.6 is 11.3 Å². The Morgan fingerprint density at radius 3 is 2.90 bits per heavy atom. The van der Waals surface area contributed by atoms with E-state index >= 15 is 0 Å². The molecule has 0 spiro atoms. The van der Waals surface area contributed by atoms with Crippen molar-refractivity contribution >= 4 is 16.5 Å². The van der Waals surface area contributed by atoms with Crippen molar-refractivity contribution in [1.82, 2.24) is 10.2 Å². The van der Waals surface area contributed by atoms with Crippen molar-refractivity contribution in [2.24, 2.45) is 0 Å². The molecule has 0 bridgehead atoms. The lowest BCUT2D eigenvalue weighted by Crippen LogP contribution is -2.12. The van der Waals surface area contributed by atoms with Crippen LogP contribution in [0.15, 0.2) is 24.3 Å². The Kier molecular flexibility index (Phi) is 4.77. The molecule has 1 aliphatic rings. The molecule has 1 N–H and O–H groups in total. The predicted octanol–water partition coefficient (Wildman–Crippen LogP) is 3.25. The molecule has 1 fully saturated rings. The zero-order valence-corrected chi connectivity index (χ0v) is 12.5. The van der Waals surface area contributed by atoms with Crippen molar-refractivity contribution in [3.05, 3.63) is 40.7 Å². The molecule has 112 valence electrons. The number of nitrogens with zero attached hydrogens (tertiary/aromatic N) is 2. The van der Waals surface area contributed by atoms with Crippen molar-refractivity contribution in [1.29, 1.82) is 0 Å². The highest BCUT2D eigenvalue weighted by atomic mass is 32.1. The van der Waals surface area contributed by atoms with Gasteiger partial charge >= 0.3 is 0 Å². The maximum Gasteiger partial charge on any atom is 0.205 e. The van der Waals surface area contributed by atoms with Crippen LogP contribution in [0, 0.1) is 5.82 Å². The van der Waals surface area contributed by atoms with Crippen LogP contribution in [-0.4, -0.2) is 29.5 Å². The van der Waals surface area contributed by atoms with E-state index in [1.807, 2.05) is 0 Å². The van der Waals surface area contributed by atoms with Crippen LogP contribution < -0.4 is 5.32 Å². The summed E-state index contributed by atoms with van der Waals surface area (Å²) in [6.45, 7) is 1.75. The minimum Gasteiger partial charge on any atom is -0.378 e. The van der Waals surface area contributed by atoms with Crippen molar-refractivity contribution in [2.45, 2.75) is 31.8 Å². The first-order valence-electron chi connectivity index (χ1n) is 7.22. The average molecular weight is 307 g/mol. The molecular formula is C15H18FN3OS. The Morgan fingerprint density at radius 2 is 2.14 bits per heavy atom. The lowest BCUT2D eigenvalue weighted by atomic mass is 10.2. The predicted molar refractivity (Wildman–Crippen MR) is 81.2 cm³/mol. The van der Waals surface area contributed by atoms with Gasteiger partial charge in [-0.1, -0.05) is 23.5 Å². The molecule has 2 aromatic rings. The van der Waals surface area contributed by atoms with Gasteiger partial charge in [0.15, 0.2) is 0 Å². The normalized spacial score (nSPS) is 18.0. The van der Waals surface area contributed by atoms with Crippen LogP contribution in [0.5, 0.6) is 0 Å². The van der Waals surface area contributed by atoms with Crippen molar-refractivity contribution in [3.63, 3.8) is 0 Å². The van der Waals surface area contributed by atoms with Gasteiger partial charge in [-0.05, 0) is 37.0 Å². The molecule has 2 heterocycles. The largest absolute Gasteiger partial charge is 0.378 e. The van der Waals surface area contributed by atoms with Crippen LogP contribution in [0.2, 0.25) is 0 Å². The van der Waals surface area contributed by atoms with Crippen LogP contribution in [0.25, 0.3) is 0 Å². The zero-order chi connectivity index (χ0) is 14.5. The van der Waals surface area contributed by atoms with Crippen LogP contribution in [0.1, 0.15) is 29.8 Å². The second kappa shape index (κ2) is 6.95. The van der Waals surface area contributed by atoms with Crippen LogP contribution in [0.3, 0.4) is 0 Å². The number of hydrogen-bond acceptors (Lipinski definition) is 5. The zero-order valence-electron chi connectivity index (χ0n) is 11.7. The summed E-state index contributed by atoms with van der Waals surface area (Å²) in [6.07, 6.45) is 4.42. The maximum absolute atomic E-state index is 12.9. The number of benzene rings is 1. The highest BCUT2D eigenvalue weighted by Crippen LogP contribution is 2.20. The van der Waals surface area contributed by atoms with Gasteiger partial charge in [0, 0.05) is 19.6 Å². The molecule has 1 atom stereocenters. The molecule has 0 amide bonds. The fraction of sp³-hybridized carbons (Fsp3) is 0.467. The lowest BCUT2D eigenvalue weighted by Gasteiger charge is -2.08. The van der Waals surface area contributed by atoms with Gasteiger partial charge in [-0.2, -0.15) is 0 Å². The molecule has 6 heteroatoms. The third kappa shape index (κ3) is 4.22. The first-order chi connectivity index (χ1) is 10.3. The molecule has 1 unspecified atom stereocenters. The van der Waals surface area contributed by atoms with Crippen molar-refractivity contribution in [3.8, 4) is 0 Å². The lowest BCUT2D eigenvalue weighted by molar-refractivity contribution is 0.107. The van der Waals surface area contributed by atoms with Crippen LogP contribution in [0.4, 0.5) is 9.52 Å². The molecule has 0 saturated carbocycles. The van der Waals surface area contributed by atoms with Gasteiger partial charge in [0.25, 0.3) is 0 Å². The van der Waals surface area contributed by atoms with Crippen molar-refractivity contribution in [2.75, 3.05) is 18.5 Å². The van der Waals surface area contributed by atoms with E-state index in [9.17, 15) is 4.39 Å². The van der Waals surface area contributed by atoms with Gasteiger partial charge in [-0.25, -0.2) is 4.39 Å². The summed E-state index contributed by atoms with van der Waals surface area (Å²) >= 11 is 1.55. The Hall–Kier alpha value is -1.53. The van der Waals surface area contributed by atoms with Gasteiger partial charge < -0.3 is 10.1 Å². The molecule has 3 rings (SSSR count). The number of rotatable bonds is 6. The number of ether oxygens (including phenoxy) is 1. The SMILES string of the molecule is Fc1ccc(Cc2nnc(NCCC3CCCO3)s2)cc1. The first-order valence-corrected chi connectivity index (χ1v) is 8.03. The van der Waals surface area contributed by atoms with Gasteiger partial charge in [-0.3, -0.25) is 0 Å². The summed E-state index contributed by atoms with van der Waals surface area (Å²) in [5.41, 5.74) is 1.04. The summed E-state index contributed by atoms with van der Waals surface area (Å²) < 4.78 is 18.4. The third-order valence-corrected chi connectivity index (χ3v) is 4.38. The fourth-order valence-electron chi connectivity index (χ4n) is 2.39. The van der Waals surface area contributed by atoms with E-state index < -0.39 is 0 Å². The molecule has 0 radical (unpaired) electrons. The summed E-state index contributed by atoms with van der Waals surface area (Å²) in [5, 5.41) is 13.4. The van der Waals surface area contributed by atoms with E-state index in [0.717, 1.165) is 41.7 Å². The molecule has 1 aromatic heterocycles. The van der Waals surface area contributed by atoms with Crippen molar-refractivity contribution < 1.29 is 9.13 Å². The maximum atomic E-state index is 12.9. The molecule has 21 heavy (non-hydrogen) atoms. The van der Waals surface area contributed by atoms with E-state index in [-0.39, 0.29) is 5.82 Å². The van der Waals surface area contributed by atoms with Gasteiger partial charge in [0.2, 0.25) is 5.13 Å². The number of halogens is 1. The van der Waals surface area contributed by atoms with E-state index in [4.69, 9.17) is 4.74 Å². The average Bonchev–Trinajstić information content (AvgIpc) is 3.14. The number of hydrogen-bond donors (Lipinski definition) is 1. The molecule has 4 nitrogen and oxygen atoms in total. The molecule has 1 aliphatic heterocycles. The molecule has 1 aromatic carbocycles. The van der Waals surface area contributed by atoms with E-state index in [1.165, 1.54) is 18.6 Å². The Bertz CT molecular complexity index is 567. The highest BCUT2D eigenvalue weighted by Gasteiger charge is 2.15. The molecule has 0 aliphatic carbocycles. The third-order valence-electron chi connectivity index (χ3n) is 3.50. The van der Waals surface area contributed by atoms with Gasteiger partial charge in [0.05, 0.1) is 6.10 Å².